The number of nitrogens with zero attached hydrogens (tertiary/aromatic N) is 4. The van der Waals surface area contributed by atoms with Gasteiger partial charge in [0.2, 0.25) is 0 Å². The average molecular weight is 292 g/mol. The van der Waals surface area contributed by atoms with E-state index in [1.807, 2.05) is 0 Å². The second kappa shape index (κ2) is 6.61. The summed E-state index contributed by atoms with van der Waals surface area (Å²) in [6, 6.07) is -0.785. The molecule has 0 spiro atoms. The summed E-state index contributed by atoms with van der Waals surface area (Å²) in [5.74, 6) is -0.481. The fourth-order valence-corrected chi connectivity index (χ4v) is 1.63. The SMILES string of the molecule is NC(N)=NCCC[C@H](N)C(=O)Oc1ncnc2nc[nH]c12. The molecule has 10 nitrogen and oxygen atoms in total. The highest BCUT2D eigenvalue weighted by molar-refractivity contribution is 5.82. The summed E-state index contributed by atoms with van der Waals surface area (Å²) in [7, 11) is 0. The van der Waals surface area contributed by atoms with Crippen LogP contribution < -0.4 is 21.9 Å². The Hall–Kier alpha value is -2.75. The van der Waals surface area contributed by atoms with Gasteiger partial charge >= 0.3 is 5.97 Å². The number of ether oxygens (including phenoxy) is 1. The van der Waals surface area contributed by atoms with Gasteiger partial charge < -0.3 is 26.9 Å². The minimum Gasteiger partial charge on any atom is -0.404 e. The van der Waals surface area contributed by atoms with E-state index >= 15 is 0 Å². The Balaban J connectivity index is 1.91. The van der Waals surface area contributed by atoms with Crippen LogP contribution in [-0.2, 0) is 4.79 Å². The van der Waals surface area contributed by atoms with Crippen molar-refractivity contribution in [2.45, 2.75) is 18.9 Å². The van der Waals surface area contributed by atoms with Gasteiger partial charge in [0.25, 0.3) is 5.88 Å². The Morgan fingerprint density at radius 1 is 1.38 bits per heavy atom. The number of hydrogen-bond acceptors (Lipinski definition) is 7. The van der Waals surface area contributed by atoms with Crippen LogP contribution in [0.25, 0.3) is 11.2 Å². The molecule has 0 aromatic carbocycles. The van der Waals surface area contributed by atoms with E-state index in [0.29, 0.717) is 30.6 Å². The van der Waals surface area contributed by atoms with Gasteiger partial charge in [0.05, 0.1) is 6.33 Å². The summed E-state index contributed by atoms with van der Waals surface area (Å²) in [5.41, 5.74) is 17.0. The fraction of sp³-hybridized carbons (Fsp3) is 0.364. The number of nitrogens with one attached hydrogen (secondary N) is 1. The number of carbonyl (C=O) groups is 1. The van der Waals surface area contributed by atoms with Gasteiger partial charge in [0.1, 0.15) is 17.9 Å². The molecule has 2 aromatic rings. The number of guanidine groups is 1. The molecule has 2 aromatic heterocycles. The number of H-pyrrole nitrogens is 1. The van der Waals surface area contributed by atoms with Crippen LogP contribution in [0.2, 0.25) is 0 Å². The van der Waals surface area contributed by atoms with E-state index in [9.17, 15) is 4.79 Å². The quantitative estimate of drug-likeness (QED) is 0.219. The lowest BCUT2D eigenvalue weighted by Crippen LogP contribution is -2.34. The number of imidazole rings is 1. The minimum absolute atomic E-state index is 0.00812. The smallest absolute Gasteiger partial charge is 0.329 e. The molecule has 0 fully saturated rings. The summed E-state index contributed by atoms with van der Waals surface area (Å²) in [6.45, 7) is 0.404. The zero-order valence-electron chi connectivity index (χ0n) is 11.2. The van der Waals surface area contributed by atoms with Crippen LogP contribution in [0, 0.1) is 0 Å². The van der Waals surface area contributed by atoms with Crippen molar-refractivity contribution in [2.75, 3.05) is 6.54 Å². The van der Waals surface area contributed by atoms with Gasteiger partial charge in [0.15, 0.2) is 11.6 Å². The molecule has 1 atom stereocenters. The molecule has 0 aliphatic heterocycles. The maximum atomic E-state index is 11.9. The standard InChI is InChI=1S/C11H16N8O2/c12-6(2-1-3-15-11(13)14)10(20)21-9-7-8(17-4-16-7)18-5-19-9/h4-6H,1-3,12H2,(H4,13,14,15)(H,16,17,18,19)/t6-/m0/s1. The predicted octanol–water partition coefficient (Wildman–Crippen LogP) is -1.36. The van der Waals surface area contributed by atoms with E-state index in [-0.39, 0.29) is 11.8 Å². The molecule has 10 heteroatoms. The van der Waals surface area contributed by atoms with Crippen molar-refractivity contribution in [3.05, 3.63) is 12.7 Å². The number of aliphatic imine (C=N–C) groups is 1. The van der Waals surface area contributed by atoms with E-state index < -0.39 is 12.0 Å². The predicted molar refractivity (Wildman–Crippen MR) is 75.2 cm³/mol. The van der Waals surface area contributed by atoms with Crippen molar-refractivity contribution in [3.8, 4) is 5.88 Å². The molecule has 0 saturated heterocycles. The number of aromatic amines is 1. The lowest BCUT2D eigenvalue weighted by atomic mass is 10.2. The highest BCUT2D eigenvalue weighted by Gasteiger charge is 2.18. The molecular weight excluding hydrogens is 276 g/mol. The van der Waals surface area contributed by atoms with Gasteiger partial charge in [-0.2, -0.15) is 4.98 Å². The van der Waals surface area contributed by atoms with E-state index in [1.54, 1.807) is 0 Å². The number of carbonyl (C=O) groups excluding carboxylic acids is 1. The normalized spacial score (nSPS) is 12.0. The average Bonchev–Trinajstić information content (AvgIpc) is 2.92. The van der Waals surface area contributed by atoms with E-state index in [2.05, 4.69) is 24.9 Å². The molecule has 7 N–H and O–H groups in total. The van der Waals surface area contributed by atoms with Gasteiger partial charge in [-0.25, -0.2) is 14.8 Å². The Morgan fingerprint density at radius 2 is 2.19 bits per heavy atom. The molecular formula is C11H16N8O2. The topological polar surface area (TPSA) is 171 Å². The first-order valence-corrected chi connectivity index (χ1v) is 6.24. The van der Waals surface area contributed by atoms with Crippen LogP contribution in [0.5, 0.6) is 5.88 Å². The van der Waals surface area contributed by atoms with Gasteiger partial charge in [-0.3, -0.25) is 4.99 Å². The van der Waals surface area contributed by atoms with Gasteiger partial charge in [-0.1, -0.05) is 0 Å². The lowest BCUT2D eigenvalue weighted by molar-refractivity contribution is -0.136. The number of aromatic nitrogens is 4. The highest BCUT2D eigenvalue weighted by Crippen LogP contribution is 2.17. The highest BCUT2D eigenvalue weighted by atomic mass is 16.5. The van der Waals surface area contributed by atoms with Crippen LogP contribution in [0.3, 0.4) is 0 Å². The van der Waals surface area contributed by atoms with E-state index in [4.69, 9.17) is 21.9 Å². The van der Waals surface area contributed by atoms with Crippen molar-refractivity contribution in [3.63, 3.8) is 0 Å². The Labute approximate surface area is 119 Å². The summed E-state index contributed by atoms with van der Waals surface area (Å²) in [6.07, 6.45) is 3.66. The summed E-state index contributed by atoms with van der Waals surface area (Å²) in [4.78, 5) is 30.2. The van der Waals surface area contributed by atoms with Crippen molar-refractivity contribution in [1.29, 1.82) is 0 Å². The lowest BCUT2D eigenvalue weighted by Gasteiger charge is -2.10. The Morgan fingerprint density at radius 3 is 2.95 bits per heavy atom. The summed E-state index contributed by atoms with van der Waals surface area (Å²) >= 11 is 0. The van der Waals surface area contributed by atoms with Crippen molar-refractivity contribution < 1.29 is 9.53 Å². The molecule has 0 amide bonds. The van der Waals surface area contributed by atoms with Crippen molar-refractivity contribution in [2.24, 2.45) is 22.2 Å². The van der Waals surface area contributed by atoms with Crippen LogP contribution >= 0.6 is 0 Å². The number of esters is 1. The third kappa shape index (κ3) is 3.86. The molecule has 0 radical (unpaired) electrons. The van der Waals surface area contributed by atoms with Gasteiger partial charge in [0, 0.05) is 6.54 Å². The molecule has 0 saturated carbocycles. The molecule has 2 heterocycles. The second-order valence-corrected chi connectivity index (χ2v) is 4.26. The largest absolute Gasteiger partial charge is 0.404 e. The van der Waals surface area contributed by atoms with Crippen LogP contribution in [-0.4, -0.2) is 44.5 Å². The molecule has 2 rings (SSSR count). The van der Waals surface area contributed by atoms with Gasteiger partial charge in [-0.05, 0) is 12.8 Å². The third-order valence-corrected chi connectivity index (χ3v) is 2.66. The van der Waals surface area contributed by atoms with Gasteiger partial charge in [-0.15, -0.1) is 0 Å². The Kier molecular flexibility index (Phi) is 4.61. The molecule has 0 bridgehead atoms. The Bertz CT molecular complexity index is 648. The molecule has 0 unspecified atom stereocenters. The number of nitrogens with two attached hydrogens (primary N) is 3. The monoisotopic (exact) mass is 292 g/mol. The van der Waals surface area contributed by atoms with Crippen molar-refractivity contribution >= 4 is 23.1 Å². The maximum absolute atomic E-state index is 11.9. The zero-order chi connectivity index (χ0) is 15.2. The van der Waals surface area contributed by atoms with E-state index in [0.717, 1.165) is 0 Å². The summed E-state index contributed by atoms with van der Waals surface area (Å²) in [5, 5.41) is 0. The van der Waals surface area contributed by atoms with Crippen molar-refractivity contribution in [1.82, 2.24) is 19.9 Å². The first kappa shape index (κ1) is 14.7. The zero-order valence-corrected chi connectivity index (χ0v) is 11.2. The number of hydrogen-bond donors (Lipinski definition) is 4. The molecule has 21 heavy (non-hydrogen) atoms. The second-order valence-electron chi connectivity index (χ2n) is 4.26. The van der Waals surface area contributed by atoms with Crippen LogP contribution in [0.4, 0.5) is 0 Å². The first-order chi connectivity index (χ1) is 10.1. The molecule has 112 valence electrons. The van der Waals surface area contributed by atoms with Crippen LogP contribution in [0.1, 0.15) is 12.8 Å². The fourth-order valence-electron chi connectivity index (χ4n) is 1.63. The van der Waals surface area contributed by atoms with E-state index in [1.165, 1.54) is 12.7 Å². The molecule has 0 aliphatic carbocycles. The maximum Gasteiger partial charge on any atom is 0.329 e. The number of fused-ring (bicyclic) bond motifs is 1. The minimum atomic E-state index is -0.785. The first-order valence-electron chi connectivity index (χ1n) is 6.24. The van der Waals surface area contributed by atoms with Crippen LogP contribution in [0.15, 0.2) is 17.6 Å². The third-order valence-electron chi connectivity index (χ3n) is 2.66. The molecule has 0 aliphatic rings. The number of rotatable bonds is 6. The summed E-state index contributed by atoms with van der Waals surface area (Å²) < 4.78 is 5.15.